The van der Waals surface area contributed by atoms with E-state index in [4.69, 9.17) is 28.5 Å². The van der Waals surface area contributed by atoms with E-state index < -0.39 is 0 Å². The highest BCUT2D eigenvalue weighted by atomic mass is 35.5. The third-order valence-electron chi connectivity index (χ3n) is 3.15. The number of nitrogens with one attached hydrogen (secondary N) is 1. The third-order valence-corrected chi connectivity index (χ3v) is 3.72. The summed E-state index contributed by atoms with van der Waals surface area (Å²) in [6, 6.07) is 9.33. The molecule has 0 atom stereocenters. The Kier molecular flexibility index (Phi) is 4.04. The molecular formula is C14H13Cl2N3. The minimum Gasteiger partial charge on any atom is -0.380 e. The maximum atomic E-state index is 8.99. The van der Waals surface area contributed by atoms with Gasteiger partial charge in [0.1, 0.15) is 11.8 Å². The van der Waals surface area contributed by atoms with Crippen LogP contribution >= 0.6 is 23.2 Å². The zero-order valence-electron chi connectivity index (χ0n) is 10.7. The Labute approximate surface area is 122 Å². The molecule has 0 radical (unpaired) electrons. The number of halogens is 2. The second-order valence-corrected chi connectivity index (χ2v) is 5.13. The van der Waals surface area contributed by atoms with Gasteiger partial charge in [0.25, 0.3) is 0 Å². The number of nitriles is 1. The van der Waals surface area contributed by atoms with Gasteiger partial charge in [-0.15, -0.1) is 0 Å². The number of benzene rings is 1. The van der Waals surface area contributed by atoms with Crippen LogP contribution in [0.3, 0.4) is 0 Å². The summed E-state index contributed by atoms with van der Waals surface area (Å²) in [7, 11) is 1.88. The Bertz CT molecular complexity index is 653. The number of aromatic nitrogens is 1. The zero-order chi connectivity index (χ0) is 14.0. The predicted molar refractivity (Wildman–Crippen MR) is 78.7 cm³/mol. The zero-order valence-corrected chi connectivity index (χ0v) is 12.2. The normalized spacial score (nSPS) is 10.3. The molecule has 1 aromatic carbocycles. The fourth-order valence-corrected chi connectivity index (χ4v) is 2.23. The van der Waals surface area contributed by atoms with Crippen LogP contribution in [0.4, 0.5) is 5.69 Å². The fourth-order valence-electron chi connectivity index (χ4n) is 1.87. The molecule has 0 unspecified atom stereocenters. The molecule has 0 bridgehead atoms. The van der Waals surface area contributed by atoms with Gasteiger partial charge in [-0.1, -0.05) is 23.2 Å². The van der Waals surface area contributed by atoms with E-state index in [9.17, 15) is 0 Å². The van der Waals surface area contributed by atoms with Crippen LogP contribution in [0.5, 0.6) is 0 Å². The summed E-state index contributed by atoms with van der Waals surface area (Å²) < 4.78 is 1.87. The van der Waals surface area contributed by atoms with Gasteiger partial charge in [0.15, 0.2) is 0 Å². The van der Waals surface area contributed by atoms with Crippen LogP contribution < -0.4 is 5.32 Å². The van der Waals surface area contributed by atoms with Crippen molar-refractivity contribution in [2.45, 2.75) is 13.5 Å². The van der Waals surface area contributed by atoms with Gasteiger partial charge in [0.2, 0.25) is 0 Å². The Morgan fingerprint density at radius 2 is 2.05 bits per heavy atom. The fraction of sp³-hybridized carbons (Fsp3) is 0.214. The number of anilines is 1. The lowest BCUT2D eigenvalue weighted by Crippen LogP contribution is -2.02. The second-order valence-electron chi connectivity index (χ2n) is 4.29. The van der Waals surface area contributed by atoms with Gasteiger partial charge in [0, 0.05) is 24.3 Å². The molecule has 0 spiro atoms. The molecule has 19 heavy (non-hydrogen) atoms. The molecule has 5 heteroatoms. The molecule has 2 rings (SSSR count). The molecule has 1 N–H and O–H groups in total. The molecule has 1 aromatic heterocycles. The Morgan fingerprint density at radius 3 is 2.68 bits per heavy atom. The van der Waals surface area contributed by atoms with Crippen molar-refractivity contribution in [2.75, 3.05) is 5.32 Å². The van der Waals surface area contributed by atoms with Crippen molar-refractivity contribution in [3.63, 3.8) is 0 Å². The molecule has 0 fully saturated rings. The maximum Gasteiger partial charge on any atom is 0.120 e. The first-order valence-corrected chi connectivity index (χ1v) is 6.52. The minimum absolute atomic E-state index is 0.599. The second kappa shape index (κ2) is 5.56. The van der Waals surface area contributed by atoms with Crippen molar-refractivity contribution in [1.29, 1.82) is 5.26 Å². The van der Waals surface area contributed by atoms with Gasteiger partial charge in [-0.2, -0.15) is 5.26 Å². The summed E-state index contributed by atoms with van der Waals surface area (Å²) in [5, 5.41) is 13.5. The number of hydrogen-bond donors (Lipinski definition) is 1. The van der Waals surface area contributed by atoms with Gasteiger partial charge < -0.3 is 9.88 Å². The van der Waals surface area contributed by atoms with E-state index in [1.54, 1.807) is 18.2 Å². The molecule has 0 aliphatic rings. The van der Waals surface area contributed by atoms with Crippen molar-refractivity contribution < 1.29 is 0 Å². The van der Waals surface area contributed by atoms with Crippen molar-refractivity contribution >= 4 is 28.9 Å². The largest absolute Gasteiger partial charge is 0.380 e. The van der Waals surface area contributed by atoms with Crippen molar-refractivity contribution in [3.05, 3.63) is 51.3 Å². The SMILES string of the molecule is Cc1c(CNc2cc(Cl)ccc2Cl)cc(C#N)n1C. The average Bonchev–Trinajstić information content (AvgIpc) is 2.67. The van der Waals surface area contributed by atoms with E-state index in [0.29, 0.717) is 22.3 Å². The summed E-state index contributed by atoms with van der Waals surface area (Å²) in [6.07, 6.45) is 0. The first-order chi connectivity index (χ1) is 9.02. The van der Waals surface area contributed by atoms with Gasteiger partial charge >= 0.3 is 0 Å². The van der Waals surface area contributed by atoms with Crippen molar-refractivity contribution in [2.24, 2.45) is 7.05 Å². The molecule has 0 aliphatic carbocycles. The van der Waals surface area contributed by atoms with Crippen LogP contribution in [0, 0.1) is 18.3 Å². The van der Waals surface area contributed by atoms with E-state index in [1.807, 2.05) is 24.6 Å². The Balaban J connectivity index is 2.19. The quantitative estimate of drug-likeness (QED) is 0.925. The monoisotopic (exact) mass is 293 g/mol. The van der Waals surface area contributed by atoms with Gasteiger partial charge in [-0.05, 0) is 36.8 Å². The molecule has 0 saturated carbocycles. The molecule has 1 heterocycles. The summed E-state index contributed by atoms with van der Waals surface area (Å²) >= 11 is 12.0. The van der Waals surface area contributed by atoms with E-state index >= 15 is 0 Å². The van der Waals surface area contributed by atoms with E-state index in [0.717, 1.165) is 16.9 Å². The van der Waals surface area contributed by atoms with Crippen LogP contribution in [-0.4, -0.2) is 4.57 Å². The molecule has 0 amide bonds. The maximum absolute atomic E-state index is 8.99. The molecule has 2 aromatic rings. The number of rotatable bonds is 3. The van der Waals surface area contributed by atoms with Crippen LogP contribution in [-0.2, 0) is 13.6 Å². The van der Waals surface area contributed by atoms with E-state index in [1.165, 1.54) is 0 Å². The molecule has 0 aliphatic heterocycles. The molecule has 98 valence electrons. The molecule has 3 nitrogen and oxygen atoms in total. The van der Waals surface area contributed by atoms with Gasteiger partial charge in [0.05, 0.1) is 10.7 Å². The summed E-state index contributed by atoms with van der Waals surface area (Å²) in [5.41, 5.74) is 3.56. The van der Waals surface area contributed by atoms with Crippen LogP contribution in [0.1, 0.15) is 17.0 Å². The van der Waals surface area contributed by atoms with E-state index in [2.05, 4.69) is 11.4 Å². The third kappa shape index (κ3) is 2.86. The smallest absolute Gasteiger partial charge is 0.120 e. The predicted octanol–water partition coefficient (Wildman–Crippen LogP) is 4.12. The Morgan fingerprint density at radius 1 is 1.32 bits per heavy atom. The highest BCUT2D eigenvalue weighted by molar-refractivity contribution is 6.35. The van der Waals surface area contributed by atoms with Gasteiger partial charge in [-0.25, -0.2) is 0 Å². The number of hydrogen-bond acceptors (Lipinski definition) is 2. The van der Waals surface area contributed by atoms with Gasteiger partial charge in [-0.3, -0.25) is 0 Å². The highest BCUT2D eigenvalue weighted by Gasteiger charge is 2.09. The number of nitrogens with zero attached hydrogens (tertiary/aromatic N) is 2. The first kappa shape index (κ1) is 13.8. The lowest BCUT2D eigenvalue weighted by Gasteiger charge is -2.09. The molecular weight excluding hydrogens is 281 g/mol. The van der Waals surface area contributed by atoms with Crippen LogP contribution in [0.15, 0.2) is 24.3 Å². The first-order valence-electron chi connectivity index (χ1n) is 5.77. The highest BCUT2D eigenvalue weighted by Crippen LogP contribution is 2.26. The summed E-state index contributed by atoms with van der Waals surface area (Å²) in [5.74, 6) is 0. The Hall–Kier alpha value is -1.63. The molecule has 0 saturated heterocycles. The standard InChI is InChI=1S/C14H13Cl2N3/c1-9-10(5-12(7-17)19(9)2)8-18-14-6-11(15)3-4-13(14)16/h3-6,18H,8H2,1-2H3. The minimum atomic E-state index is 0.599. The summed E-state index contributed by atoms with van der Waals surface area (Å²) in [6.45, 7) is 2.58. The van der Waals surface area contributed by atoms with Crippen molar-refractivity contribution in [3.8, 4) is 6.07 Å². The summed E-state index contributed by atoms with van der Waals surface area (Å²) in [4.78, 5) is 0. The topological polar surface area (TPSA) is 40.8 Å². The van der Waals surface area contributed by atoms with E-state index in [-0.39, 0.29) is 0 Å². The lowest BCUT2D eigenvalue weighted by atomic mass is 10.2. The lowest BCUT2D eigenvalue weighted by molar-refractivity contribution is 0.856. The van der Waals surface area contributed by atoms with Crippen molar-refractivity contribution in [1.82, 2.24) is 4.57 Å². The average molecular weight is 294 g/mol. The van der Waals surface area contributed by atoms with Crippen LogP contribution in [0.2, 0.25) is 10.0 Å². The van der Waals surface area contributed by atoms with Crippen LogP contribution in [0.25, 0.3) is 0 Å².